The highest BCUT2D eigenvalue weighted by Crippen LogP contribution is 2.59. The van der Waals surface area contributed by atoms with E-state index in [1.54, 1.807) is 0 Å². The first-order chi connectivity index (χ1) is 14.0. The van der Waals surface area contributed by atoms with Crippen molar-refractivity contribution in [2.45, 2.75) is 97.3 Å². The van der Waals surface area contributed by atoms with Crippen molar-refractivity contribution >= 4 is 24.2 Å². The zero-order valence-corrected chi connectivity index (χ0v) is 23.1. The smallest absolute Gasteiger partial charge is 0.0979 e. The molecule has 0 aliphatic carbocycles. The Balaban J connectivity index is 2.77. The summed E-state index contributed by atoms with van der Waals surface area (Å²) >= 11 is 0. The Morgan fingerprint density at radius 1 is 0.806 bits per heavy atom. The van der Waals surface area contributed by atoms with Crippen molar-refractivity contribution in [2.24, 2.45) is 0 Å². The molecule has 0 aliphatic rings. The maximum absolute atomic E-state index is 13.3. The first-order valence-corrected chi connectivity index (χ1v) is 13.7. The van der Waals surface area contributed by atoms with Crippen LogP contribution in [0.2, 0.25) is 0 Å². The normalized spacial score (nSPS) is 15.2. The van der Waals surface area contributed by atoms with Gasteiger partial charge < -0.3 is 0 Å². The van der Waals surface area contributed by atoms with Crippen LogP contribution in [0.3, 0.4) is 0 Å². The molecular formula is C27H42NOPS. The molecule has 0 aromatic heterocycles. The lowest BCUT2D eigenvalue weighted by Gasteiger charge is -2.43. The van der Waals surface area contributed by atoms with Gasteiger partial charge in [0.1, 0.15) is 0 Å². The molecule has 0 radical (unpaired) electrons. The van der Waals surface area contributed by atoms with E-state index >= 15 is 0 Å². The van der Waals surface area contributed by atoms with Crippen LogP contribution in [0.5, 0.6) is 0 Å². The van der Waals surface area contributed by atoms with Crippen LogP contribution in [0.15, 0.2) is 42.5 Å². The predicted octanol–water partition coefficient (Wildman–Crippen LogP) is 7.15. The van der Waals surface area contributed by atoms with Crippen LogP contribution >= 0.6 is 7.92 Å². The molecule has 0 unspecified atom stereocenters. The number of rotatable bonds is 5. The summed E-state index contributed by atoms with van der Waals surface area (Å²) in [4.78, 5) is 0. The topological polar surface area (TPSA) is 29.1 Å². The van der Waals surface area contributed by atoms with Gasteiger partial charge >= 0.3 is 0 Å². The van der Waals surface area contributed by atoms with Gasteiger partial charge in [-0.05, 0) is 61.4 Å². The molecule has 0 amide bonds. The number of benzene rings is 2. The molecule has 0 saturated carbocycles. The molecule has 0 bridgehead atoms. The fourth-order valence-electron chi connectivity index (χ4n) is 4.44. The number of nitrogens with one attached hydrogen (secondary N) is 1. The summed E-state index contributed by atoms with van der Waals surface area (Å²) < 4.78 is 16.5. The van der Waals surface area contributed by atoms with Gasteiger partial charge in [-0.1, -0.05) is 103 Å². The SMILES string of the molecule is Cc1cc(C)cc([C@@H](N[S@](=O)C(C)(C)C)c2ccccc2P(C(C)(C)C)C(C)(C)C)c1. The number of hydrogen-bond donors (Lipinski definition) is 1. The zero-order chi connectivity index (χ0) is 23.8. The van der Waals surface area contributed by atoms with Crippen molar-refractivity contribution in [3.05, 3.63) is 64.7 Å². The third kappa shape index (κ3) is 6.73. The minimum Gasteiger partial charge on any atom is -0.242 e. The van der Waals surface area contributed by atoms with Crippen LogP contribution < -0.4 is 10.0 Å². The van der Waals surface area contributed by atoms with Crippen LogP contribution in [-0.4, -0.2) is 19.3 Å². The van der Waals surface area contributed by atoms with Gasteiger partial charge in [-0.2, -0.15) is 0 Å². The molecule has 2 aromatic carbocycles. The highest BCUT2D eigenvalue weighted by Gasteiger charge is 2.38. The number of hydrogen-bond acceptors (Lipinski definition) is 1. The lowest BCUT2D eigenvalue weighted by Crippen LogP contribution is -2.39. The summed E-state index contributed by atoms with van der Waals surface area (Å²) in [6.45, 7) is 24.5. The van der Waals surface area contributed by atoms with E-state index in [0.29, 0.717) is 0 Å². The van der Waals surface area contributed by atoms with E-state index in [1.807, 2.05) is 20.8 Å². The van der Waals surface area contributed by atoms with Crippen LogP contribution in [0.4, 0.5) is 0 Å². The molecule has 0 fully saturated rings. The van der Waals surface area contributed by atoms with Gasteiger partial charge in [0.15, 0.2) is 0 Å². The van der Waals surface area contributed by atoms with Crippen molar-refractivity contribution in [1.29, 1.82) is 0 Å². The van der Waals surface area contributed by atoms with Gasteiger partial charge in [0.05, 0.1) is 21.8 Å². The van der Waals surface area contributed by atoms with Crippen LogP contribution in [-0.2, 0) is 11.0 Å². The van der Waals surface area contributed by atoms with Crippen molar-refractivity contribution in [3.63, 3.8) is 0 Å². The monoisotopic (exact) mass is 459 g/mol. The Bertz CT molecular complexity index is 897. The molecule has 0 spiro atoms. The second-order valence-corrected chi connectivity index (χ2v) is 17.4. The van der Waals surface area contributed by atoms with E-state index in [1.165, 1.54) is 27.6 Å². The maximum Gasteiger partial charge on any atom is 0.0979 e. The van der Waals surface area contributed by atoms with Crippen molar-refractivity contribution in [2.75, 3.05) is 0 Å². The molecule has 2 atom stereocenters. The summed E-state index contributed by atoms with van der Waals surface area (Å²) in [5.41, 5.74) is 4.89. The Morgan fingerprint density at radius 3 is 1.74 bits per heavy atom. The summed E-state index contributed by atoms with van der Waals surface area (Å²) in [7, 11) is -1.68. The van der Waals surface area contributed by atoms with Crippen LogP contribution in [0, 0.1) is 13.8 Å². The van der Waals surface area contributed by atoms with E-state index in [4.69, 9.17) is 0 Å². The molecule has 0 heterocycles. The molecule has 4 heteroatoms. The standard InChI is InChI=1S/C27H42NOPS/c1-19-16-20(2)18-21(17-19)24(28-31(29)27(9,10)11)22-14-12-13-15-23(22)30(25(3,4)5)26(6,7)8/h12-18,24,28H,1-11H3/t24-,31-/m1/s1. The van der Waals surface area contributed by atoms with E-state index in [9.17, 15) is 4.21 Å². The van der Waals surface area contributed by atoms with Gasteiger partial charge in [0.25, 0.3) is 0 Å². The third-order valence-corrected chi connectivity index (χ3v) is 10.3. The van der Waals surface area contributed by atoms with Crippen molar-refractivity contribution in [1.82, 2.24) is 4.72 Å². The minimum atomic E-state index is -1.19. The van der Waals surface area contributed by atoms with Crippen molar-refractivity contribution in [3.8, 4) is 0 Å². The van der Waals surface area contributed by atoms with Gasteiger partial charge in [-0.25, -0.2) is 8.93 Å². The average Bonchev–Trinajstić information content (AvgIpc) is 2.56. The highest BCUT2D eigenvalue weighted by atomic mass is 32.2. The number of aryl methyl sites for hydroxylation is 2. The van der Waals surface area contributed by atoms with E-state index < -0.39 is 18.9 Å². The molecule has 2 aromatic rings. The third-order valence-electron chi connectivity index (χ3n) is 5.19. The molecule has 1 N–H and O–H groups in total. The second kappa shape index (κ2) is 9.46. The van der Waals surface area contributed by atoms with Gasteiger partial charge in [-0.15, -0.1) is 0 Å². The first kappa shape index (κ1) is 26.2. The van der Waals surface area contributed by atoms with Crippen molar-refractivity contribution < 1.29 is 4.21 Å². The highest BCUT2D eigenvalue weighted by molar-refractivity contribution is 7.84. The Hall–Kier alpha value is -1.02. The molecule has 2 nitrogen and oxygen atoms in total. The van der Waals surface area contributed by atoms with Gasteiger partial charge in [0, 0.05) is 0 Å². The van der Waals surface area contributed by atoms with Crippen LogP contribution in [0.25, 0.3) is 0 Å². The fraction of sp³-hybridized carbons (Fsp3) is 0.556. The molecule has 172 valence electrons. The molecular weight excluding hydrogens is 417 g/mol. The van der Waals surface area contributed by atoms with E-state index in [-0.39, 0.29) is 21.1 Å². The van der Waals surface area contributed by atoms with Gasteiger partial charge in [0.2, 0.25) is 0 Å². The van der Waals surface area contributed by atoms with E-state index in [2.05, 4.69) is 103 Å². The van der Waals surface area contributed by atoms with Crippen LogP contribution in [0.1, 0.15) is 90.6 Å². The maximum atomic E-state index is 13.3. The fourth-order valence-corrected chi connectivity index (χ4v) is 9.42. The van der Waals surface area contributed by atoms with Gasteiger partial charge in [-0.3, -0.25) is 0 Å². The molecule has 31 heavy (non-hydrogen) atoms. The first-order valence-electron chi connectivity index (χ1n) is 11.2. The summed E-state index contributed by atoms with van der Waals surface area (Å²) in [6.07, 6.45) is 0. The lowest BCUT2D eigenvalue weighted by molar-refractivity contribution is 0.623. The molecule has 0 aliphatic heterocycles. The lowest BCUT2D eigenvalue weighted by atomic mass is 9.96. The van der Waals surface area contributed by atoms with E-state index in [0.717, 1.165) is 0 Å². The Kier molecular flexibility index (Phi) is 8.00. The summed E-state index contributed by atoms with van der Waals surface area (Å²) in [5.74, 6) is 0. The summed E-state index contributed by atoms with van der Waals surface area (Å²) in [6, 6.07) is 15.4. The Labute approximate surface area is 195 Å². The molecule has 0 saturated heterocycles. The second-order valence-electron chi connectivity index (χ2n) is 11.6. The quantitative estimate of drug-likeness (QED) is 0.473. The molecule has 2 rings (SSSR count). The zero-order valence-electron chi connectivity index (χ0n) is 21.4. The summed E-state index contributed by atoms with van der Waals surface area (Å²) in [5, 5.41) is 1.71. The average molecular weight is 460 g/mol. The minimum absolute atomic E-state index is 0.121. The predicted molar refractivity (Wildman–Crippen MR) is 141 cm³/mol. The Morgan fingerprint density at radius 2 is 1.29 bits per heavy atom. The largest absolute Gasteiger partial charge is 0.242 e.